The first-order chi connectivity index (χ1) is 14.7. The molecule has 0 fully saturated rings. The number of hydrogen-bond donors (Lipinski definition) is 0. The first-order valence-electron chi connectivity index (χ1n) is 9.40. The Morgan fingerprint density at radius 1 is 0.800 bits per heavy atom. The largest absolute Gasteiger partial charge is 0.309 e. The molecule has 0 spiro atoms. The van der Waals surface area contributed by atoms with Gasteiger partial charge in [0, 0.05) is 15.5 Å². The van der Waals surface area contributed by atoms with Crippen LogP contribution >= 0.6 is 15.9 Å². The lowest BCUT2D eigenvalue weighted by Crippen LogP contribution is -1.95. The highest BCUT2D eigenvalue weighted by Gasteiger charge is 2.14. The van der Waals surface area contributed by atoms with Crippen LogP contribution in [0.3, 0.4) is 0 Å². The van der Waals surface area contributed by atoms with Crippen molar-refractivity contribution in [1.82, 2.24) is 4.57 Å². The fourth-order valence-corrected chi connectivity index (χ4v) is 4.43. The monoisotopic (exact) mass is 447 g/mol. The average Bonchev–Trinajstić information content (AvgIpc) is 3.12. The van der Waals surface area contributed by atoms with Gasteiger partial charge in [-0.05, 0) is 65.0 Å². The highest BCUT2D eigenvalue weighted by atomic mass is 79.9. The SMILES string of the molecule is [C-]#[N+]c1ccc2c(c1)c1ccccc1n2-c1cc(Br)cc(-c2cccc(C#N)c2)c1. The van der Waals surface area contributed by atoms with Crippen LogP contribution in [0.5, 0.6) is 0 Å². The van der Waals surface area contributed by atoms with Crippen LogP contribution in [0.25, 0.3) is 43.5 Å². The lowest BCUT2D eigenvalue weighted by molar-refractivity contribution is 1.18. The van der Waals surface area contributed by atoms with Crippen molar-refractivity contribution in [2.24, 2.45) is 0 Å². The van der Waals surface area contributed by atoms with Gasteiger partial charge in [0.05, 0.1) is 29.2 Å². The number of hydrogen-bond acceptors (Lipinski definition) is 1. The van der Waals surface area contributed by atoms with Crippen LogP contribution in [0.4, 0.5) is 5.69 Å². The Kier molecular flexibility index (Phi) is 4.36. The third kappa shape index (κ3) is 2.95. The van der Waals surface area contributed by atoms with Crippen molar-refractivity contribution in [3.63, 3.8) is 0 Å². The van der Waals surface area contributed by atoms with Gasteiger partial charge in [-0.3, -0.25) is 0 Å². The fraction of sp³-hybridized carbons (Fsp3) is 0. The summed E-state index contributed by atoms with van der Waals surface area (Å²) in [5.74, 6) is 0. The van der Waals surface area contributed by atoms with E-state index in [2.05, 4.69) is 61.7 Å². The highest BCUT2D eigenvalue weighted by Crippen LogP contribution is 2.36. The standard InChI is InChI=1S/C26H14BrN3/c1-29-21-9-10-26-24(15-21)23-7-2-3-8-25(23)30(26)22-13-19(12-20(27)14-22)18-6-4-5-17(11-18)16-28/h2-15H. The van der Waals surface area contributed by atoms with E-state index < -0.39 is 0 Å². The minimum atomic E-state index is 0.633. The van der Waals surface area contributed by atoms with Gasteiger partial charge in [-0.1, -0.05) is 52.3 Å². The van der Waals surface area contributed by atoms with Gasteiger partial charge in [-0.25, -0.2) is 4.85 Å². The van der Waals surface area contributed by atoms with Crippen LogP contribution in [0.1, 0.15) is 5.56 Å². The molecule has 5 aromatic rings. The third-order valence-corrected chi connectivity index (χ3v) is 5.71. The molecular weight excluding hydrogens is 434 g/mol. The molecule has 0 aliphatic rings. The molecule has 1 heterocycles. The lowest BCUT2D eigenvalue weighted by Gasteiger charge is -2.12. The zero-order valence-corrected chi connectivity index (χ0v) is 17.4. The molecule has 0 amide bonds. The number of rotatable bonds is 2. The molecule has 0 aliphatic heterocycles. The molecule has 0 saturated carbocycles. The van der Waals surface area contributed by atoms with Crippen molar-refractivity contribution in [2.45, 2.75) is 0 Å². The maximum absolute atomic E-state index is 9.26. The fourth-order valence-electron chi connectivity index (χ4n) is 3.95. The van der Waals surface area contributed by atoms with Crippen LogP contribution in [0.15, 0.2) is 89.4 Å². The number of nitrogens with zero attached hydrogens (tertiary/aromatic N) is 3. The molecule has 0 N–H and O–H groups in total. The molecule has 0 atom stereocenters. The number of para-hydroxylation sites is 1. The molecule has 1 aromatic heterocycles. The van der Waals surface area contributed by atoms with Crippen LogP contribution in [-0.4, -0.2) is 4.57 Å². The smallest absolute Gasteiger partial charge is 0.188 e. The molecule has 4 aromatic carbocycles. The van der Waals surface area contributed by atoms with E-state index in [0.29, 0.717) is 11.3 Å². The molecule has 30 heavy (non-hydrogen) atoms. The summed E-state index contributed by atoms with van der Waals surface area (Å²) < 4.78 is 3.18. The Labute approximate surface area is 182 Å². The van der Waals surface area contributed by atoms with E-state index in [9.17, 15) is 5.26 Å². The summed E-state index contributed by atoms with van der Waals surface area (Å²) in [7, 11) is 0. The van der Waals surface area contributed by atoms with E-state index in [4.69, 9.17) is 6.57 Å². The number of fused-ring (bicyclic) bond motifs is 3. The molecule has 0 radical (unpaired) electrons. The second-order valence-electron chi connectivity index (χ2n) is 7.06. The van der Waals surface area contributed by atoms with E-state index >= 15 is 0 Å². The molecule has 140 valence electrons. The zero-order chi connectivity index (χ0) is 20.7. The Morgan fingerprint density at radius 2 is 1.63 bits per heavy atom. The van der Waals surface area contributed by atoms with E-state index in [1.54, 1.807) is 0 Å². The average molecular weight is 448 g/mol. The number of nitriles is 1. The highest BCUT2D eigenvalue weighted by molar-refractivity contribution is 9.10. The molecular formula is C26H14BrN3. The van der Waals surface area contributed by atoms with Gasteiger partial charge in [0.1, 0.15) is 0 Å². The second-order valence-corrected chi connectivity index (χ2v) is 7.97. The minimum Gasteiger partial charge on any atom is -0.309 e. The normalized spacial score (nSPS) is 10.8. The topological polar surface area (TPSA) is 33.1 Å². The summed E-state index contributed by atoms with van der Waals surface area (Å²) in [6, 6.07) is 30.2. The van der Waals surface area contributed by atoms with E-state index in [-0.39, 0.29) is 0 Å². The Morgan fingerprint density at radius 3 is 2.47 bits per heavy atom. The van der Waals surface area contributed by atoms with Gasteiger partial charge >= 0.3 is 0 Å². The predicted molar refractivity (Wildman–Crippen MR) is 125 cm³/mol. The molecule has 0 unspecified atom stereocenters. The van der Waals surface area contributed by atoms with Gasteiger partial charge in [0.2, 0.25) is 0 Å². The summed E-state index contributed by atoms with van der Waals surface area (Å²) >= 11 is 3.66. The molecule has 4 heteroatoms. The predicted octanol–water partition coefficient (Wildman–Crippen LogP) is 7.64. The van der Waals surface area contributed by atoms with Crippen LogP contribution < -0.4 is 0 Å². The molecule has 0 aliphatic carbocycles. The van der Waals surface area contributed by atoms with Gasteiger partial charge in [0.15, 0.2) is 5.69 Å². The number of benzene rings is 4. The van der Waals surface area contributed by atoms with Crippen LogP contribution in [-0.2, 0) is 0 Å². The van der Waals surface area contributed by atoms with E-state index in [0.717, 1.165) is 43.1 Å². The molecule has 0 bridgehead atoms. The minimum absolute atomic E-state index is 0.633. The molecule has 3 nitrogen and oxygen atoms in total. The maximum atomic E-state index is 9.26. The van der Waals surface area contributed by atoms with Gasteiger partial charge < -0.3 is 4.57 Å². The first kappa shape index (κ1) is 18.2. The Bertz CT molecular complexity index is 1530. The number of aromatic nitrogens is 1. The first-order valence-corrected chi connectivity index (χ1v) is 10.2. The van der Waals surface area contributed by atoms with Crippen molar-refractivity contribution in [3.8, 4) is 22.9 Å². The quantitative estimate of drug-likeness (QED) is 0.256. The third-order valence-electron chi connectivity index (χ3n) is 5.25. The van der Waals surface area contributed by atoms with Crippen molar-refractivity contribution in [3.05, 3.63) is 106 Å². The second kappa shape index (κ2) is 7.19. The van der Waals surface area contributed by atoms with Gasteiger partial charge in [0.25, 0.3) is 0 Å². The van der Waals surface area contributed by atoms with Crippen molar-refractivity contribution in [2.75, 3.05) is 0 Å². The Hall–Kier alpha value is -3.86. The summed E-state index contributed by atoms with van der Waals surface area (Å²) in [5, 5.41) is 11.4. The van der Waals surface area contributed by atoms with Crippen molar-refractivity contribution >= 4 is 43.4 Å². The molecule has 0 saturated heterocycles. The maximum Gasteiger partial charge on any atom is 0.188 e. The summed E-state index contributed by atoms with van der Waals surface area (Å²) in [5.41, 5.74) is 6.45. The van der Waals surface area contributed by atoms with Crippen LogP contribution in [0, 0.1) is 17.9 Å². The Balaban J connectivity index is 1.81. The van der Waals surface area contributed by atoms with E-state index in [1.807, 2.05) is 54.6 Å². The molecule has 5 rings (SSSR count). The van der Waals surface area contributed by atoms with Crippen molar-refractivity contribution in [1.29, 1.82) is 5.26 Å². The van der Waals surface area contributed by atoms with Gasteiger partial charge in [-0.15, -0.1) is 0 Å². The lowest BCUT2D eigenvalue weighted by atomic mass is 10.0. The zero-order valence-electron chi connectivity index (χ0n) is 15.8. The van der Waals surface area contributed by atoms with Gasteiger partial charge in [-0.2, -0.15) is 5.26 Å². The summed E-state index contributed by atoms with van der Waals surface area (Å²) in [6.07, 6.45) is 0. The van der Waals surface area contributed by atoms with Crippen molar-refractivity contribution < 1.29 is 0 Å². The van der Waals surface area contributed by atoms with Crippen LogP contribution in [0.2, 0.25) is 0 Å². The van der Waals surface area contributed by atoms with E-state index in [1.165, 1.54) is 0 Å². The summed E-state index contributed by atoms with van der Waals surface area (Å²) in [6.45, 7) is 7.37. The summed E-state index contributed by atoms with van der Waals surface area (Å²) in [4.78, 5) is 3.60. The number of halogens is 1.